The minimum Gasteiger partial charge on any atom is -0.456 e. The van der Waals surface area contributed by atoms with Crippen LogP contribution in [0.3, 0.4) is 0 Å². The molecule has 0 amide bonds. The van der Waals surface area contributed by atoms with Crippen molar-refractivity contribution in [2.45, 2.75) is 0 Å². The summed E-state index contributed by atoms with van der Waals surface area (Å²) in [5.41, 5.74) is 13.6. The van der Waals surface area contributed by atoms with Crippen molar-refractivity contribution in [2.75, 3.05) is 4.90 Å². The number of anilines is 3. The minimum atomic E-state index is 0.841. The van der Waals surface area contributed by atoms with E-state index in [2.05, 4.69) is 159 Å². The summed E-state index contributed by atoms with van der Waals surface area (Å²) in [6, 6.07) is 58.5. The number of hydrogen-bond acceptors (Lipinski definition) is 3. The predicted molar refractivity (Wildman–Crippen MR) is 219 cm³/mol. The zero-order valence-corrected chi connectivity index (χ0v) is 28.2. The van der Waals surface area contributed by atoms with E-state index in [0.717, 1.165) is 72.0 Å². The van der Waals surface area contributed by atoms with Gasteiger partial charge in [-0.3, -0.25) is 0 Å². The van der Waals surface area contributed by atoms with E-state index >= 15 is 0 Å². The van der Waals surface area contributed by atoms with Gasteiger partial charge < -0.3 is 22.5 Å². The first-order valence-electron chi connectivity index (χ1n) is 18.0. The van der Waals surface area contributed by atoms with Crippen LogP contribution in [-0.4, -0.2) is 8.80 Å². The van der Waals surface area contributed by atoms with Gasteiger partial charge in [0.05, 0.1) is 49.9 Å². The number of para-hydroxylation sites is 5. The van der Waals surface area contributed by atoms with Crippen LogP contribution in [-0.2, 0) is 0 Å². The van der Waals surface area contributed by atoms with Crippen LogP contribution < -0.4 is 4.90 Å². The number of benzene rings is 8. The Bertz CT molecular complexity index is 3650. The lowest BCUT2D eigenvalue weighted by atomic mass is 10.1. The number of aromatic nitrogens is 2. The smallest absolute Gasteiger partial charge is 0.159 e. The highest BCUT2D eigenvalue weighted by molar-refractivity contribution is 6.25. The molecule has 0 bridgehead atoms. The molecule has 53 heavy (non-hydrogen) atoms. The van der Waals surface area contributed by atoms with Gasteiger partial charge in [-0.15, -0.1) is 0 Å². The summed E-state index contributed by atoms with van der Waals surface area (Å²) >= 11 is 0. The summed E-state index contributed by atoms with van der Waals surface area (Å²) in [4.78, 5) is 2.36. The second kappa shape index (κ2) is 9.75. The zero-order valence-electron chi connectivity index (χ0n) is 28.2. The maximum atomic E-state index is 6.74. The molecule has 5 heterocycles. The molecule has 5 aromatic heterocycles. The Labute approximate surface area is 301 Å². The van der Waals surface area contributed by atoms with Crippen LogP contribution in [0.15, 0.2) is 173 Å². The van der Waals surface area contributed by atoms with Gasteiger partial charge in [-0.25, -0.2) is 0 Å². The molecule has 0 aliphatic carbocycles. The molecule has 0 aliphatic rings. The molecule has 246 valence electrons. The van der Waals surface area contributed by atoms with Crippen LogP contribution >= 0.6 is 0 Å². The first-order chi connectivity index (χ1) is 26.3. The molecule has 0 radical (unpaired) electrons. The van der Waals surface area contributed by atoms with E-state index < -0.39 is 0 Å². The first-order valence-corrected chi connectivity index (χ1v) is 18.0. The van der Waals surface area contributed by atoms with Gasteiger partial charge >= 0.3 is 0 Å². The fourth-order valence-electron chi connectivity index (χ4n) is 9.28. The quantitative estimate of drug-likeness (QED) is 0.175. The summed E-state index contributed by atoms with van der Waals surface area (Å²) in [5, 5.41) is 9.35. The van der Waals surface area contributed by atoms with Crippen molar-refractivity contribution in [3.05, 3.63) is 164 Å². The monoisotopic (exact) mass is 677 g/mol. The Morgan fingerprint density at radius 1 is 0.358 bits per heavy atom. The molecule has 0 N–H and O–H groups in total. The van der Waals surface area contributed by atoms with Crippen LogP contribution in [0.2, 0.25) is 0 Å². The third kappa shape index (κ3) is 3.42. The van der Waals surface area contributed by atoms with E-state index in [1.165, 1.54) is 43.6 Å². The van der Waals surface area contributed by atoms with E-state index in [9.17, 15) is 0 Å². The summed E-state index contributed by atoms with van der Waals surface area (Å²) < 4.78 is 18.2. The van der Waals surface area contributed by atoms with Gasteiger partial charge in [0.1, 0.15) is 16.7 Å². The average Bonchev–Trinajstić information content (AvgIpc) is 3.96. The Kier molecular flexibility index (Phi) is 5.06. The van der Waals surface area contributed by atoms with Crippen LogP contribution in [0.5, 0.6) is 0 Å². The van der Waals surface area contributed by atoms with E-state index in [0.29, 0.717) is 0 Å². The molecule has 0 saturated carbocycles. The number of hydrogen-bond donors (Lipinski definition) is 0. The predicted octanol–water partition coefficient (Wildman–Crippen LogP) is 13.5. The number of furan rings is 2. The lowest BCUT2D eigenvalue weighted by Crippen LogP contribution is -2.11. The Balaban J connectivity index is 1.22. The van der Waals surface area contributed by atoms with Gasteiger partial charge in [-0.05, 0) is 60.7 Å². The van der Waals surface area contributed by atoms with E-state index in [4.69, 9.17) is 8.83 Å². The summed E-state index contributed by atoms with van der Waals surface area (Å²) in [6.07, 6.45) is 0. The molecule has 0 fully saturated rings. The number of nitrogens with zero attached hydrogens (tertiary/aromatic N) is 3. The van der Waals surface area contributed by atoms with Gasteiger partial charge in [0.25, 0.3) is 0 Å². The molecule has 5 nitrogen and oxygen atoms in total. The second-order valence-corrected chi connectivity index (χ2v) is 14.1. The van der Waals surface area contributed by atoms with Crippen molar-refractivity contribution < 1.29 is 8.83 Å². The van der Waals surface area contributed by atoms with E-state index in [-0.39, 0.29) is 0 Å². The Morgan fingerprint density at radius 2 is 0.925 bits per heavy atom. The second-order valence-electron chi connectivity index (χ2n) is 14.1. The van der Waals surface area contributed by atoms with Gasteiger partial charge in [0.15, 0.2) is 5.58 Å². The lowest BCUT2D eigenvalue weighted by Gasteiger charge is -2.27. The van der Waals surface area contributed by atoms with Gasteiger partial charge in [-0.2, -0.15) is 0 Å². The highest BCUT2D eigenvalue weighted by Gasteiger charge is 2.26. The first kappa shape index (κ1) is 27.5. The third-order valence-electron chi connectivity index (χ3n) is 11.4. The fourth-order valence-corrected chi connectivity index (χ4v) is 9.28. The normalized spacial score (nSPS) is 12.5. The van der Waals surface area contributed by atoms with Crippen LogP contribution in [0.1, 0.15) is 0 Å². The Hall–Kier alpha value is -7.24. The molecule has 0 saturated heterocycles. The number of rotatable bonds is 3. The molecule has 0 unspecified atom stereocenters. The number of fused-ring (bicyclic) bond motifs is 15. The highest BCUT2D eigenvalue weighted by Crippen LogP contribution is 2.48. The zero-order chi connectivity index (χ0) is 34.4. The minimum absolute atomic E-state index is 0.841. The molecule has 0 aliphatic heterocycles. The summed E-state index contributed by atoms with van der Waals surface area (Å²) in [5.74, 6) is 0. The lowest BCUT2D eigenvalue weighted by molar-refractivity contribution is 0.668. The molecule has 5 heteroatoms. The summed E-state index contributed by atoms with van der Waals surface area (Å²) in [6.45, 7) is 0. The van der Waals surface area contributed by atoms with Crippen molar-refractivity contribution in [1.82, 2.24) is 8.80 Å². The largest absolute Gasteiger partial charge is 0.456 e. The summed E-state index contributed by atoms with van der Waals surface area (Å²) in [7, 11) is 0. The van der Waals surface area contributed by atoms with E-state index in [1.54, 1.807) is 0 Å². The van der Waals surface area contributed by atoms with Crippen molar-refractivity contribution >= 4 is 116 Å². The highest BCUT2D eigenvalue weighted by atomic mass is 16.3. The van der Waals surface area contributed by atoms with E-state index in [1.807, 2.05) is 18.2 Å². The van der Waals surface area contributed by atoms with Crippen molar-refractivity contribution in [2.24, 2.45) is 0 Å². The van der Waals surface area contributed by atoms with Crippen molar-refractivity contribution in [3.63, 3.8) is 0 Å². The molecule has 0 spiro atoms. The van der Waals surface area contributed by atoms with Crippen LogP contribution in [0.4, 0.5) is 17.1 Å². The molecule has 8 aromatic carbocycles. The molecule has 13 rings (SSSR count). The molecular weight excluding hydrogens is 651 g/mol. The van der Waals surface area contributed by atoms with Crippen molar-refractivity contribution in [1.29, 1.82) is 0 Å². The third-order valence-corrected chi connectivity index (χ3v) is 11.4. The fraction of sp³-hybridized carbons (Fsp3) is 0. The van der Waals surface area contributed by atoms with Gasteiger partial charge in [0, 0.05) is 43.4 Å². The maximum Gasteiger partial charge on any atom is 0.159 e. The SMILES string of the molecule is c1ccc2c(c1)oc1c(N(c3ccc4c(c3)n3c5ccccc5c5ccc6c7ccccc7n4c6c53)c3cccc4oc5ccccc5c34)cccc12. The molecular formula is C48H27N3O2. The molecule has 13 aromatic rings. The molecule has 0 atom stereocenters. The van der Waals surface area contributed by atoms with Gasteiger partial charge in [-0.1, -0.05) is 103 Å². The standard InChI is InChI=1S/C48H27N3O2/c1-5-16-36-29(11-1)32-24-25-33-30-12-2-6-17-37(30)51-41-27-28(23-26-38(41)50(36)46(32)47(33)51)49(39-18-10-22-44-45(39)35-14-4-8-21-43(35)52-44)40-19-9-15-34-31-13-3-7-20-42(31)53-48(34)40/h1-27H. The topological polar surface area (TPSA) is 38.3 Å². The van der Waals surface area contributed by atoms with Crippen molar-refractivity contribution in [3.8, 4) is 0 Å². The average molecular weight is 678 g/mol. The Morgan fingerprint density at radius 3 is 1.68 bits per heavy atom. The van der Waals surface area contributed by atoms with Gasteiger partial charge in [0.2, 0.25) is 0 Å². The van der Waals surface area contributed by atoms with Crippen LogP contribution in [0, 0.1) is 0 Å². The maximum absolute atomic E-state index is 6.74. The van der Waals surface area contributed by atoms with Crippen LogP contribution in [0.25, 0.3) is 98.5 Å².